The van der Waals surface area contributed by atoms with Crippen LogP contribution in [0, 0.1) is 5.82 Å². The third-order valence-electron chi connectivity index (χ3n) is 2.38. The van der Waals surface area contributed by atoms with Crippen LogP contribution in [0.5, 0.6) is 5.75 Å². The fourth-order valence-corrected chi connectivity index (χ4v) is 1.61. The Bertz CT molecular complexity index is 333. The molecule has 2 nitrogen and oxygen atoms in total. The lowest BCUT2D eigenvalue weighted by molar-refractivity contribution is 0.386. The molecule has 0 aliphatic rings. The van der Waals surface area contributed by atoms with Crippen molar-refractivity contribution in [1.82, 2.24) is 5.32 Å². The van der Waals surface area contributed by atoms with E-state index in [1.807, 2.05) is 17.8 Å². The molecule has 0 spiro atoms. The maximum absolute atomic E-state index is 13.3. The first-order chi connectivity index (χ1) is 7.67. The van der Waals surface area contributed by atoms with Crippen LogP contribution in [0.15, 0.2) is 18.2 Å². The largest absolute Gasteiger partial charge is 0.494 e. The summed E-state index contributed by atoms with van der Waals surface area (Å²) in [6, 6.07) is 5.04. The molecule has 0 amide bonds. The smallest absolute Gasteiger partial charge is 0.165 e. The minimum atomic E-state index is -0.306. The lowest BCUT2D eigenvalue weighted by atomic mass is 10.2. The molecular formula is C12H18FNOS. The monoisotopic (exact) mass is 243 g/mol. The Morgan fingerprint density at radius 1 is 1.50 bits per heavy atom. The van der Waals surface area contributed by atoms with Crippen molar-refractivity contribution in [1.29, 1.82) is 0 Å². The highest BCUT2D eigenvalue weighted by Gasteiger charge is 2.03. The van der Waals surface area contributed by atoms with Crippen LogP contribution >= 0.6 is 11.8 Å². The lowest BCUT2D eigenvalue weighted by Crippen LogP contribution is -2.22. The van der Waals surface area contributed by atoms with Gasteiger partial charge in [0, 0.05) is 18.3 Å². The Morgan fingerprint density at radius 2 is 2.25 bits per heavy atom. The Labute approximate surface area is 101 Å². The summed E-state index contributed by atoms with van der Waals surface area (Å²) in [4.78, 5) is 0. The molecule has 0 saturated heterocycles. The molecule has 1 aromatic carbocycles. The van der Waals surface area contributed by atoms with Gasteiger partial charge in [0.15, 0.2) is 11.6 Å². The molecule has 90 valence electrons. The Kier molecular flexibility index (Phi) is 5.63. The number of nitrogens with one attached hydrogen (secondary N) is 1. The second-order valence-electron chi connectivity index (χ2n) is 3.65. The number of thioether (sulfide) groups is 1. The van der Waals surface area contributed by atoms with E-state index in [1.165, 1.54) is 13.2 Å². The van der Waals surface area contributed by atoms with Crippen LogP contribution in [0.1, 0.15) is 12.5 Å². The Hall–Kier alpha value is -0.740. The fourth-order valence-electron chi connectivity index (χ4n) is 1.32. The molecule has 0 radical (unpaired) electrons. The van der Waals surface area contributed by atoms with Gasteiger partial charge in [-0.15, -0.1) is 0 Å². The van der Waals surface area contributed by atoms with Crippen LogP contribution < -0.4 is 10.1 Å². The molecule has 16 heavy (non-hydrogen) atoms. The van der Waals surface area contributed by atoms with Crippen molar-refractivity contribution in [3.8, 4) is 5.75 Å². The third-order valence-corrected chi connectivity index (χ3v) is 3.35. The summed E-state index contributed by atoms with van der Waals surface area (Å²) < 4.78 is 18.2. The van der Waals surface area contributed by atoms with Crippen LogP contribution in [0.25, 0.3) is 0 Å². The minimum absolute atomic E-state index is 0.293. The average molecular weight is 243 g/mol. The highest BCUT2D eigenvalue weighted by Crippen LogP contribution is 2.17. The van der Waals surface area contributed by atoms with E-state index in [0.717, 1.165) is 12.1 Å². The highest BCUT2D eigenvalue weighted by atomic mass is 32.2. The molecule has 0 fully saturated rings. The minimum Gasteiger partial charge on any atom is -0.494 e. The van der Waals surface area contributed by atoms with Crippen LogP contribution in [-0.4, -0.2) is 25.2 Å². The molecule has 1 rings (SSSR count). The number of halogens is 1. The molecule has 1 aromatic rings. The molecule has 0 bridgehead atoms. The van der Waals surface area contributed by atoms with Crippen LogP contribution in [-0.2, 0) is 6.54 Å². The summed E-state index contributed by atoms with van der Waals surface area (Å²) in [7, 11) is 1.47. The Morgan fingerprint density at radius 3 is 2.81 bits per heavy atom. The zero-order valence-electron chi connectivity index (χ0n) is 9.92. The highest BCUT2D eigenvalue weighted by molar-refractivity contribution is 7.99. The van der Waals surface area contributed by atoms with E-state index in [2.05, 4.69) is 18.5 Å². The molecule has 1 N–H and O–H groups in total. The van der Waals surface area contributed by atoms with Crippen molar-refractivity contribution in [2.24, 2.45) is 0 Å². The molecule has 0 aliphatic heterocycles. The van der Waals surface area contributed by atoms with E-state index < -0.39 is 0 Å². The molecule has 0 aromatic heterocycles. The SMILES string of the molecule is COc1ccc(CNCC(C)SC)cc1F. The van der Waals surface area contributed by atoms with E-state index in [1.54, 1.807) is 6.07 Å². The average Bonchev–Trinajstić information content (AvgIpc) is 2.29. The first-order valence-corrected chi connectivity index (χ1v) is 6.52. The first kappa shape index (κ1) is 13.3. The summed E-state index contributed by atoms with van der Waals surface area (Å²) in [6.45, 7) is 3.77. The molecule has 0 heterocycles. The number of hydrogen-bond acceptors (Lipinski definition) is 3. The van der Waals surface area contributed by atoms with E-state index in [9.17, 15) is 4.39 Å². The standard InChI is InChI=1S/C12H18FNOS/c1-9(16-3)7-14-8-10-4-5-12(15-2)11(13)6-10/h4-6,9,14H,7-8H2,1-3H3. The van der Waals surface area contributed by atoms with E-state index in [-0.39, 0.29) is 5.82 Å². The van der Waals surface area contributed by atoms with Gasteiger partial charge in [0.05, 0.1) is 7.11 Å². The Balaban J connectivity index is 2.46. The third kappa shape index (κ3) is 4.02. The number of ether oxygens (including phenoxy) is 1. The number of rotatable bonds is 6. The van der Waals surface area contributed by atoms with Crippen LogP contribution in [0.4, 0.5) is 4.39 Å². The molecule has 4 heteroatoms. The normalized spacial score (nSPS) is 12.5. The van der Waals surface area contributed by atoms with Crippen molar-refractivity contribution < 1.29 is 9.13 Å². The van der Waals surface area contributed by atoms with Gasteiger partial charge >= 0.3 is 0 Å². The van der Waals surface area contributed by atoms with Gasteiger partial charge in [0.2, 0.25) is 0 Å². The van der Waals surface area contributed by atoms with Gasteiger partial charge in [0.25, 0.3) is 0 Å². The number of hydrogen-bond donors (Lipinski definition) is 1. The second-order valence-corrected chi connectivity index (χ2v) is 4.92. The van der Waals surface area contributed by atoms with Gasteiger partial charge < -0.3 is 10.1 Å². The van der Waals surface area contributed by atoms with Crippen molar-refractivity contribution >= 4 is 11.8 Å². The van der Waals surface area contributed by atoms with Gasteiger partial charge in [-0.1, -0.05) is 13.0 Å². The predicted molar refractivity (Wildman–Crippen MR) is 67.6 cm³/mol. The summed E-state index contributed by atoms with van der Waals surface area (Å²) in [5, 5.41) is 3.86. The second kappa shape index (κ2) is 6.76. The zero-order valence-corrected chi connectivity index (χ0v) is 10.7. The summed E-state index contributed by atoms with van der Waals surface area (Å²) >= 11 is 1.81. The lowest BCUT2D eigenvalue weighted by Gasteiger charge is -2.10. The fraction of sp³-hybridized carbons (Fsp3) is 0.500. The van der Waals surface area contributed by atoms with Crippen molar-refractivity contribution in [2.75, 3.05) is 19.9 Å². The summed E-state index contributed by atoms with van der Waals surface area (Å²) in [5.74, 6) is -0.0130. The molecule has 0 saturated carbocycles. The van der Waals surface area contributed by atoms with Crippen molar-refractivity contribution in [3.63, 3.8) is 0 Å². The van der Waals surface area contributed by atoms with Gasteiger partial charge in [-0.2, -0.15) is 11.8 Å². The maximum atomic E-state index is 13.3. The van der Waals surface area contributed by atoms with Crippen molar-refractivity contribution in [3.05, 3.63) is 29.6 Å². The molecule has 0 aliphatic carbocycles. The van der Waals surface area contributed by atoms with Gasteiger partial charge in [-0.25, -0.2) is 4.39 Å². The van der Waals surface area contributed by atoms with E-state index in [4.69, 9.17) is 4.74 Å². The molecular weight excluding hydrogens is 225 g/mol. The summed E-state index contributed by atoms with van der Waals surface area (Å²) in [5.41, 5.74) is 0.937. The van der Waals surface area contributed by atoms with Gasteiger partial charge in [-0.05, 0) is 24.0 Å². The summed E-state index contributed by atoms with van der Waals surface area (Å²) in [6.07, 6.45) is 2.08. The van der Waals surface area contributed by atoms with Gasteiger partial charge in [0.1, 0.15) is 0 Å². The topological polar surface area (TPSA) is 21.3 Å². The molecule has 1 atom stereocenters. The van der Waals surface area contributed by atoms with Crippen LogP contribution in [0.2, 0.25) is 0 Å². The predicted octanol–water partition coefficient (Wildman–Crippen LogP) is 2.68. The quantitative estimate of drug-likeness (QED) is 0.830. The van der Waals surface area contributed by atoms with Gasteiger partial charge in [-0.3, -0.25) is 0 Å². The number of methoxy groups -OCH3 is 1. The van der Waals surface area contributed by atoms with Crippen molar-refractivity contribution in [2.45, 2.75) is 18.7 Å². The first-order valence-electron chi connectivity index (χ1n) is 5.23. The van der Waals surface area contributed by atoms with E-state index >= 15 is 0 Å². The molecule has 1 unspecified atom stereocenters. The number of benzene rings is 1. The maximum Gasteiger partial charge on any atom is 0.165 e. The zero-order chi connectivity index (χ0) is 12.0. The van der Waals surface area contributed by atoms with E-state index in [0.29, 0.717) is 17.5 Å². The van der Waals surface area contributed by atoms with Crippen LogP contribution in [0.3, 0.4) is 0 Å².